The van der Waals surface area contributed by atoms with Crippen molar-refractivity contribution in [3.63, 3.8) is 0 Å². The fourth-order valence-corrected chi connectivity index (χ4v) is 2.30. The molecule has 0 aromatic carbocycles. The molecule has 1 aliphatic carbocycles. The molecule has 3 heteroatoms. The second-order valence-corrected chi connectivity index (χ2v) is 5.16. The van der Waals surface area contributed by atoms with Gasteiger partial charge in [-0.3, -0.25) is 4.79 Å². The topological polar surface area (TPSA) is 55.1 Å². The van der Waals surface area contributed by atoms with Crippen LogP contribution in [-0.2, 0) is 4.79 Å². The first-order chi connectivity index (χ1) is 7.00. The van der Waals surface area contributed by atoms with Gasteiger partial charge in [-0.15, -0.1) is 0 Å². The Morgan fingerprint density at radius 3 is 2.53 bits per heavy atom. The highest BCUT2D eigenvalue weighted by atomic mass is 16.2. The van der Waals surface area contributed by atoms with Gasteiger partial charge >= 0.3 is 0 Å². The molecule has 88 valence electrons. The molecule has 1 rings (SSSR count). The van der Waals surface area contributed by atoms with Gasteiger partial charge in [0.15, 0.2) is 0 Å². The van der Waals surface area contributed by atoms with Crippen molar-refractivity contribution < 1.29 is 4.79 Å². The van der Waals surface area contributed by atoms with Gasteiger partial charge in [-0.1, -0.05) is 26.7 Å². The molecule has 0 bridgehead atoms. The zero-order valence-corrected chi connectivity index (χ0v) is 10.1. The van der Waals surface area contributed by atoms with Crippen LogP contribution in [-0.4, -0.2) is 18.0 Å². The van der Waals surface area contributed by atoms with Crippen molar-refractivity contribution in [2.24, 2.45) is 17.6 Å². The Morgan fingerprint density at radius 2 is 2.00 bits per heavy atom. The normalized spacial score (nSPS) is 28.9. The predicted molar refractivity (Wildman–Crippen MR) is 62.4 cm³/mol. The molecule has 0 saturated heterocycles. The average molecular weight is 212 g/mol. The Hall–Kier alpha value is -0.570. The van der Waals surface area contributed by atoms with Crippen molar-refractivity contribution in [1.82, 2.24) is 5.32 Å². The lowest BCUT2D eigenvalue weighted by Crippen LogP contribution is -2.45. The van der Waals surface area contributed by atoms with Gasteiger partial charge < -0.3 is 11.1 Å². The van der Waals surface area contributed by atoms with E-state index in [1.807, 2.05) is 0 Å². The molecule has 0 spiro atoms. The summed E-state index contributed by atoms with van der Waals surface area (Å²) in [5, 5.41) is 3.04. The summed E-state index contributed by atoms with van der Waals surface area (Å²) < 4.78 is 0. The molecule has 3 atom stereocenters. The van der Waals surface area contributed by atoms with Crippen molar-refractivity contribution in [3.8, 4) is 0 Å². The van der Waals surface area contributed by atoms with E-state index in [1.54, 1.807) is 6.92 Å². The minimum atomic E-state index is -0.385. The van der Waals surface area contributed by atoms with Crippen LogP contribution in [0.4, 0.5) is 0 Å². The summed E-state index contributed by atoms with van der Waals surface area (Å²) in [6, 6.07) is -0.0333. The van der Waals surface area contributed by atoms with Crippen molar-refractivity contribution in [2.75, 3.05) is 0 Å². The number of carbonyl (C=O) groups excluding carboxylic acids is 1. The van der Waals surface area contributed by atoms with E-state index in [0.717, 1.165) is 24.7 Å². The van der Waals surface area contributed by atoms with Crippen LogP contribution in [0, 0.1) is 11.8 Å². The minimum Gasteiger partial charge on any atom is -0.352 e. The van der Waals surface area contributed by atoms with Crippen LogP contribution < -0.4 is 11.1 Å². The lowest BCUT2D eigenvalue weighted by Gasteiger charge is -2.32. The molecule has 1 saturated carbocycles. The second kappa shape index (κ2) is 5.50. The van der Waals surface area contributed by atoms with Crippen molar-refractivity contribution >= 4 is 5.91 Å². The maximum atomic E-state index is 11.5. The Kier molecular flexibility index (Phi) is 4.58. The lowest BCUT2D eigenvalue weighted by molar-refractivity contribution is -0.123. The molecule has 1 fully saturated rings. The highest BCUT2D eigenvalue weighted by Gasteiger charge is 2.25. The molecule has 1 amide bonds. The number of amides is 1. The number of nitrogens with one attached hydrogen (secondary N) is 1. The third kappa shape index (κ3) is 3.82. The molecule has 3 nitrogen and oxygen atoms in total. The molecule has 0 aromatic heterocycles. The zero-order valence-electron chi connectivity index (χ0n) is 10.1. The number of nitrogens with two attached hydrogens (primary N) is 1. The zero-order chi connectivity index (χ0) is 11.4. The number of hydrogen-bond donors (Lipinski definition) is 2. The maximum Gasteiger partial charge on any atom is 0.236 e. The molecule has 3 N–H and O–H groups in total. The van der Waals surface area contributed by atoms with Crippen LogP contribution in [0.1, 0.15) is 46.5 Å². The molecule has 0 radical (unpaired) electrons. The van der Waals surface area contributed by atoms with E-state index in [1.165, 1.54) is 12.8 Å². The van der Waals surface area contributed by atoms with Gasteiger partial charge in [-0.2, -0.15) is 0 Å². The third-order valence-electron chi connectivity index (χ3n) is 3.42. The summed E-state index contributed by atoms with van der Waals surface area (Å²) in [5.41, 5.74) is 5.54. The van der Waals surface area contributed by atoms with Gasteiger partial charge in [0.05, 0.1) is 6.04 Å². The summed E-state index contributed by atoms with van der Waals surface area (Å²) in [6.45, 7) is 6.26. The van der Waals surface area contributed by atoms with Crippen LogP contribution in [0.15, 0.2) is 0 Å². The first-order valence-corrected chi connectivity index (χ1v) is 6.06. The van der Waals surface area contributed by atoms with Gasteiger partial charge in [0.1, 0.15) is 0 Å². The fraction of sp³-hybridized carbons (Fsp3) is 0.917. The third-order valence-corrected chi connectivity index (χ3v) is 3.42. The largest absolute Gasteiger partial charge is 0.352 e. The van der Waals surface area contributed by atoms with Gasteiger partial charge in [0.2, 0.25) is 5.91 Å². The molecular formula is C12H24N2O. The quantitative estimate of drug-likeness (QED) is 0.747. The average Bonchev–Trinajstić information content (AvgIpc) is 2.18. The van der Waals surface area contributed by atoms with E-state index in [0.29, 0.717) is 6.04 Å². The Morgan fingerprint density at radius 1 is 1.33 bits per heavy atom. The summed E-state index contributed by atoms with van der Waals surface area (Å²) in [5.74, 6) is 1.47. The van der Waals surface area contributed by atoms with E-state index in [9.17, 15) is 4.79 Å². The number of carbonyl (C=O) groups is 1. The first kappa shape index (κ1) is 12.5. The number of rotatable bonds is 3. The molecule has 15 heavy (non-hydrogen) atoms. The molecule has 2 unspecified atom stereocenters. The first-order valence-electron chi connectivity index (χ1n) is 6.06. The summed E-state index contributed by atoms with van der Waals surface area (Å²) in [4.78, 5) is 11.5. The smallest absolute Gasteiger partial charge is 0.236 e. The lowest BCUT2D eigenvalue weighted by atomic mass is 9.79. The minimum absolute atomic E-state index is 0.00981. The van der Waals surface area contributed by atoms with Crippen LogP contribution in [0.3, 0.4) is 0 Å². The summed E-state index contributed by atoms with van der Waals surface area (Å²) in [6.07, 6.45) is 4.77. The van der Waals surface area contributed by atoms with Crippen molar-refractivity contribution in [2.45, 2.75) is 58.5 Å². The summed E-state index contributed by atoms with van der Waals surface area (Å²) >= 11 is 0. The van der Waals surface area contributed by atoms with Crippen molar-refractivity contribution in [1.29, 1.82) is 0 Å². The second-order valence-electron chi connectivity index (χ2n) is 5.16. The SMILES string of the molecule is CC(C)C1CCCC(NC(=O)[C@@H](C)N)C1. The van der Waals surface area contributed by atoms with Crippen LogP contribution in [0.25, 0.3) is 0 Å². The van der Waals surface area contributed by atoms with E-state index in [4.69, 9.17) is 5.73 Å². The monoisotopic (exact) mass is 212 g/mol. The van der Waals surface area contributed by atoms with E-state index < -0.39 is 0 Å². The van der Waals surface area contributed by atoms with Crippen molar-refractivity contribution in [3.05, 3.63) is 0 Å². The Balaban J connectivity index is 2.39. The predicted octanol–water partition coefficient (Wildman–Crippen LogP) is 1.66. The fourth-order valence-electron chi connectivity index (χ4n) is 2.30. The van der Waals surface area contributed by atoms with Crippen LogP contribution in [0.5, 0.6) is 0 Å². The standard InChI is InChI=1S/C12H24N2O/c1-8(2)10-5-4-6-11(7-10)14-12(15)9(3)13/h8-11H,4-7,13H2,1-3H3,(H,14,15)/t9-,10?,11?/m1/s1. The molecule has 0 aliphatic heterocycles. The molecule has 0 heterocycles. The van der Waals surface area contributed by atoms with E-state index in [-0.39, 0.29) is 11.9 Å². The van der Waals surface area contributed by atoms with Crippen LogP contribution >= 0.6 is 0 Å². The van der Waals surface area contributed by atoms with Gasteiger partial charge in [-0.05, 0) is 31.6 Å². The highest BCUT2D eigenvalue weighted by molar-refractivity contribution is 5.81. The van der Waals surface area contributed by atoms with Gasteiger partial charge in [-0.25, -0.2) is 0 Å². The van der Waals surface area contributed by atoms with E-state index >= 15 is 0 Å². The molecular weight excluding hydrogens is 188 g/mol. The Bertz CT molecular complexity index is 214. The summed E-state index contributed by atoms with van der Waals surface area (Å²) in [7, 11) is 0. The maximum absolute atomic E-state index is 11.5. The molecule has 0 aromatic rings. The van der Waals surface area contributed by atoms with Gasteiger partial charge in [0.25, 0.3) is 0 Å². The number of hydrogen-bond acceptors (Lipinski definition) is 2. The van der Waals surface area contributed by atoms with Crippen LogP contribution in [0.2, 0.25) is 0 Å². The molecule has 1 aliphatic rings. The van der Waals surface area contributed by atoms with E-state index in [2.05, 4.69) is 19.2 Å². The Labute approximate surface area is 92.8 Å². The highest BCUT2D eigenvalue weighted by Crippen LogP contribution is 2.29. The van der Waals surface area contributed by atoms with Gasteiger partial charge in [0, 0.05) is 6.04 Å².